The van der Waals surface area contributed by atoms with Gasteiger partial charge in [0.25, 0.3) is 0 Å². The predicted molar refractivity (Wildman–Crippen MR) is 91.4 cm³/mol. The second kappa shape index (κ2) is 8.79. The van der Waals surface area contributed by atoms with Crippen molar-refractivity contribution in [3.05, 3.63) is 16.0 Å². The van der Waals surface area contributed by atoms with Crippen molar-refractivity contribution in [2.45, 2.75) is 34.6 Å². The third-order valence-corrected chi connectivity index (χ3v) is 4.77. The number of ether oxygens (including phenoxy) is 1. The lowest BCUT2D eigenvalue weighted by atomic mass is 10.1. The van der Waals surface area contributed by atoms with Crippen LogP contribution in [0.15, 0.2) is 0 Å². The number of nitrogens with one attached hydrogen (secondary N) is 1. The molecule has 0 unspecified atom stereocenters. The number of amides is 1. The third kappa shape index (κ3) is 4.87. The smallest absolute Gasteiger partial charge is 0.341 e. The fourth-order valence-electron chi connectivity index (χ4n) is 2.20. The molecule has 0 aliphatic carbocycles. The lowest BCUT2D eigenvalue weighted by Crippen LogP contribution is -2.33. The van der Waals surface area contributed by atoms with Gasteiger partial charge in [0.15, 0.2) is 5.78 Å². The summed E-state index contributed by atoms with van der Waals surface area (Å²) in [6.45, 7) is 10.8. The van der Waals surface area contributed by atoms with E-state index >= 15 is 0 Å². The van der Waals surface area contributed by atoms with E-state index in [9.17, 15) is 14.4 Å². The number of nitrogens with zero attached hydrogens (tertiary/aromatic N) is 1. The van der Waals surface area contributed by atoms with Crippen LogP contribution in [0.4, 0.5) is 5.00 Å². The van der Waals surface area contributed by atoms with Crippen LogP contribution in [-0.2, 0) is 9.53 Å². The lowest BCUT2D eigenvalue weighted by molar-refractivity contribution is -0.117. The van der Waals surface area contributed by atoms with E-state index in [1.165, 1.54) is 6.92 Å². The molecule has 23 heavy (non-hydrogen) atoms. The quantitative estimate of drug-likeness (QED) is 0.582. The maximum atomic E-state index is 12.2. The summed E-state index contributed by atoms with van der Waals surface area (Å²) < 4.78 is 5.04. The largest absolute Gasteiger partial charge is 0.462 e. The molecule has 0 saturated carbocycles. The Morgan fingerprint density at radius 2 is 1.78 bits per heavy atom. The van der Waals surface area contributed by atoms with E-state index in [0.29, 0.717) is 15.4 Å². The normalized spacial score (nSPS) is 10.7. The van der Waals surface area contributed by atoms with Gasteiger partial charge >= 0.3 is 5.97 Å². The average Bonchev–Trinajstić information content (AvgIpc) is 2.81. The molecule has 0 radical (unpaired) electrons. The van der Waals surface area contributed by atoms with Crippen LogP contribution in [0.3, 0.4) is 0 Å². The summed E-state index contributed by atoms with van der Waals surface area (Å²) in [5.74, 6) is -0.871. The maximum absolute atomic E-state index is 12.2. The van der Waals surface area contributed by atoms with Crippen LogP contribution in [0.1, 0.15) is 53.3 Å². The zero-order chi connectivity index (χ0) is 17.6. The number of thiophene rings is 1. The molecule has 0 spiro atoms. The first-order valence-electron chi connectivity index (χ1n) is 7.69. The van der Waals surface area contributed by atoms with Crippen molar-refractivity contribution in [1.29, 1.82) is 0 Å². The Labute approximate surface area is 140 Å². The number of rotatable bonds is 8. The number of ketones is 1. The Morgan fingerprint density at radius 1 is 1.17 bits per heavy atom. The molecule has 7 heteroatoms. The zero-order valence-corrected chi connectivity index (χ0v) is 15.1. The van der Waals surface area contributed by atoms with E-state index in [1.54, 1.807) is 13.8 Å². The number of likely N-dealkylation sites (N-methyl/N-ethyl adjacent to an activating group) is 1. The van der Waals surface area contributed by atoms with Crippen molar-refractivity contribution >= 4 is 34.0 Å². The van der Waals surface area contributed by atoms with E-state index in [-0.39, 0.29) is 30.4 Å². The fourth-order valence-corrected chi connectivity index (χ4v) is 3.31. The van der Waals surface area contributed by atoms with Gasteiger partial charge < -0.3 is 10.1 Å². The van der Waals surface area contributed by atoms with E-state index in [4.69, 9.17) is 4.74 Å². The summed E-state index contributed by atoms with van der Waals surface area (Å²) in [4.78, 5) is 38.5. The van der Waals surface area contributed by atoms with Crippen molar-refractivity contribution in [2.75, 3.05) is 31.6 Å². The second-order valence-corrected chi connectivity index (χ2v) is 6.07. The molecule has 6 nitrogen and oxygen atoms in total. The number of hydrogen-bond donors (Lipinski definition) is 1. The number of Topliss-reactive ketones (excluding diaryl/α,β-unsaturated/α-hetero) is 1. The van der Waals surface area contributed by atoms with Crippen LogP contribution in [0, 0.1) is 6.92 Å². The van der Waals surface area contributed by atoms with Crippen LogP contribution in [0.5, 0.6) is 0 Å². The van der Waals surface area contributed by atoms with Crippen LogP contribution < -0.4 is 5.32 Å². The highest BCUT2D eigenvalue weighted by atomic mass is 32.1. The summed E-state index contributed by atoms with van der Waals surface area (Å²) in [6.07, 6.45) is 0. The minimum Gasteiger partial charge on any atom is -0.462 e. The first kappa shape index (κ1) is 19.3. The van der Waals surface area contributed by atoms with Crippen molar-refractivity contribution in [1.82, 2.24) is 4.90 Å². The van der Waals surface area contributed by atoms with Crippen molar-refractivity contribution < 1.29 is 19.1 Å². The molecule has 0 fully saturated rings. The molecule has 0 aromatic carbocycles. The van der Waals surface area contributed by atoms with Gasteiger partial charge in [0, 0.05) is 0 Å². The van der Waals surface area contributed by atoms with Crippen LogP contribution >= 0.6 is 11.3 Å². The monoisotopic (exact) mass is 340 g/mol. The summed E-state index contributed by atoms with van der Waals surface area (Å²) in [5, 5.41) is 3.13. The second-order valence-electron chi connectivity index (χ2n) is 5.05. The molecule has 1 N–H and O–H groups in total. The SMILES string of the molecule is CCOC(=O)c1c(NC(=O)CN(CC)CC)sc(C(C)=O)c1C. The van der Waals surface area contributed by atoms with Gasteiger partial charge in [0.2, 0.25) is 5.91 Å². The molecule has 0 bridgehead atoms. The van der Waals surface area contributed by atoms with Crippen LogP contribution in [0.25, 0.3) is 0 Å². The van der Waals surface area contributed by atoms with Gasteiger partial charge in [-0.25, -0.2) is 4.79 Å². The Balaban J connectivity index is 3.09. The van der Waals surface area contributed by atoms with Gasteiger partial charge in [-0.3, -0.25) is 14.5 Å². The summed E-state index contributed by atoms with van der Waals surface area (Å²) >= 11 is 1.12. The van der Waals surface area contributed by atoms with E-state index in [0.717, 1.165) is 24.4 Å². The average molecular weight is 340 g/mol. The molecule has 1 amide bonds. The van der Waals surface area contributed by atoms with Crippen molar-refractivity contribution in [3.63, 3.8) is 0 Å². The fraction of sp³-hybridized carbons (Fsp3) is 0.562. The van der Waals surface area contributed by atoms with Gasteiger partial charge in [-0.05, 0) is 39.4 Å². The van der Waals surface area contributed by atoms with E-state index in [2.05, 4.69) is 5.32 Å². The number of esters is 1. The Kier molecular flexibility index (Phi) is 7.38. The summed E-state index contributed by atoms with van der Waals surface area (Å²) in [6, 6.07) is 0. The Morgan fingerprint density at radius 3 is 2.26 bits per heavy atom. The highest BCUT2D eigenvalue weighted by molar-refractivity contribution is 7.18. The molecular weight excluding hydrogens is 316 g/mol. The molecule has 0 atom stereocenters. The Bertz CT molecular complexity index is 591. The number of hydrogen-bond acceptors (Lipinski definition) is 6. The zero-order valence-electron chi connectivity index (χ0n) is 14.3. The lowest BCUT2D eigenvalue weighted by Gasteiger charge is -2.17. The molecule has 1 rings (SSSR count). The minimum absolute atomic E-state index is 0.137. The van der Waals surface area contributed by atoms with Gasteiger partial charge in [0.05, 0.1) is 23.6 Å². The van der Waals surface area contributed by atoms with Crippen molar-refractivity contribution in [2.24, 2.45) is 0 Å². The molecular formula is C16H24N2O4S. The van der Waals surface area contributed by atoms with Gasteiger partial charge in [0.1, 0.15) is 5.00 Å². The van der Waals surface area contributed by atoms with Gasteiger partial charge in [-0.2, -0.15) is 0 Å². The maximum Gasteiger partial charge on any atom is 0.341 e. The molecule has 0 saturated heterocycles. The highest BCUT2D eigenvalue weighted by Crippen LogP contribution is 2.34. The molecule has 1 heterocycles. The predicted octanol–water partition coefficient (Wildman–Crippen LogP) is 2.72. The molecule has 1 aromatic rings. The Hall–Kier alpha value is -1.73. The first-order chi connectivity index (χ1) is 10.8. The molecule has 1 aromatic heterocycles. The van der Waals surface area contributed by atoms with Crippen LogP contribution in [-0.4, -0.2) is 48.8 Å². The molecule has 0 aliphatic rings. The minimum atomic E-state index is -0.521. The van der Waals surface area contributed by atoms with E-state index in [1.807, 2.05) is 18.7 Å². The highest BCUT2D eigenvalue weighted by Gasteiger charge is 2.25. The molecule has 0 aliphatic heterocycles. The van der Waals surface area contributed by atoms with Gasteiger partial charge in [-0.1, -0.05) is 13.8 Å². The molecule has 128 valence electrons. The first-order valence-corrected chi connectivity index (χ1v) is 8.50. The third-order valence-electron chi connectivity index (χ3n) is 3.46. The summed E-state index contributed by atoms with van der Waals surface area (Å²) in [7, 11) is 0. The summed E-state index contributed by atoms with van der Waals surface area (Å²) in [5.41, 5.74) is 0.828. The van der Waals surface area contributed by atoms with Crippen LogP contribution in [0.2, 0.25) is 0 Å². The van der Waals surface area contributed by atoms with E-state index < -0.39 is 5.97 Å². The van der Waals surface area contributed by atoms with Crippen molar-refractivity contribution in [3.8, 4) is 0 Å². The standard InChI is InChI=1S/C16H24N2O4S/c1-6-18(7-2)9-12(20)17-15-13(16(21)22-8-3)10(4)14(23-15)11(5)19/h6-9H2,1-5H3,(H,17,20). The topological polar surface area (TPSA) is 75.7 Å². The van der Waals surface area contributed by atoms with Gasteiger partial charge in [-0.15, -0.1) is 11.3 Å². The number of carbonyl (C=O) groups is 3. The number of carbonyl (C=O) groups excluding carboxylic acids is 3. The number of anilines is 1.